The fraction of sp³-hybridized carbons (Fsp3) is 0.889. The van der Waals surface area contributed by atoms with E-state index in [-0.39, 0.29) is 5.75 Å². The molecule has 0 saturated heterocycles. The summed E-state index contributed by atoms with van der Waals surface area (Å²) in [5, 5.41) is 8.94. The molecule has 0 aromatic heterocycles. The zero-order valence-corrected chi connectivity index (χ0v) is 9.59. The second-order valence-electron chi connectivity index (χ2n) is 3.86. The van der Waals surface area contributed by atoms with Gasteiger partial charge in [0, 0.05) is 6.04 Å². The zero-order chi connectivity index (χ0) is 11.5. The third-order valence-electron chi connectivity index (χ3n) is 2.79. The van der Waals surface area contributed by atoms with E-state index in [0.29, 0.717) is 12.8 Å². The highest BCUT2D eigenvalue weighted by Crippen LogP contribution is 2.25. The Morgan fingerprint density at radius 3 is 2.53 bits per heavy atom. The van der Waals surface area contributed by atoms with Crippen LogP contribution >= 0.6 is 0 Å². The maximum Gasteiger partial charge on any atom is 0.308 e. The number of nitrogens with one attached hydrogen (secondary N) is 1. The van der Waals surface area contributed by atoms with Crippen molar-refractivity contribution in [1.82, 2.24) is 4.72 Å². The van der Waals surface area contributed by atoms with Crippen molar-refractivity contribution < 1.29 is 18.3 Å². The molecule has 0 aromatic carbocycles. The molecule has 1 rings (SSSR count). The molecule has 5 nitrogen and oxygen atoms in total. The lowest BCUT2D eigenvalue weighted by Gasteiger charge is -2.28. The van der Waals surface area contributed by atoms with E-state index >= 15 is 0 Å². The first-order chi connectivity index (χ1) is 6.96. The Labute approximate surface area is 89.9 Å². The van der Waals surface area contributed by atoms with Gasteiger partial charge >= 0.3 is 5.97 Å². The standard InChI is InChI=1S/C9H17NO4S/c1-2-15(13,14)10-8-6-4-3-5-7(8)9(11)12/h7-8,10H,2-6H2,1H3,(H,11,12)/t7-,8-/m1/s1. The molecule has 1 aliphatic carbocycles. The number of carboxylic acids is 1. The van der Waals surface area contributed by atoms with Crippen LogP contribution in [0.5, 0.6) is 0 Å². The predicted octanol–water partition coefficient (Wildman–Crippen LogP) is 0.569. The van der Waals surface area contributed by atoms with E-state index in [4.69, 9.17) is 5.11 Å². The van der Waals surface area contributed by atoms with Gasteiger partial charge in [-0.15, -0.1) is 0 Å². The molecular formula is C9H17NO4S. The normalized spacial score (nSPS) is 27.5. The quantitative estimate of drug-likeness (QED) is 0.746. The van der Waals surface area contributed by atoms with E-state index < -0.39 is 28.0 Å². The van der Waals surface area contributed by atoms with Gasteiger partial charge in [0.2, 0.25) is 10.0 Å². The van der Waals surface area contributed by atoms with Crippen molar-refractivity contribution in [2.45, 2.75) is 38.6 Å². The third-order valence-corrected chi connectivity index (χ3v) is 4.22. The van der Waals surface area contributed by atoms with Crippen molar-refractivity contribution in [1.29, 1.82) is 0 Å². The number of sulfonamides is 1. The van der Waals surface area contributed by atoms with Gasteiger partial charge in [-0.1, -0.05) is 12.8 Å². The molecule has 2 atom stereocenters. The molecule has 0 amide bonds. The van der Waals surface area contributed by atoms with E-state index in [1.807, 2.05) is 0 Å². The summed E-state index contributed by atoms with van der Waals surface area (Å²) < 4.78 is 25.1. The van der Waals surface area contributed by atoms with Crippen molar-refractivity contribution in [3.63, 3.8) is 0 Å². The molecule has 88 valence electrons. The predicted molar refractivity (Wildman–Crippen MR) is 56.0 cm³/mol. The van der Waals surface area contributed by atoms with Gasteiger partial charge in [-0.2, -0.15) is 0 Å². The van der Waals surface area contributed by atoms with Crippen molar-refractivity contribution in [2.24, 2.45) is 5.92 Å². The van der Waals surface area contributed by atoms with E-state index in [1.165, 1.54) is 0 Å². The smallest absolute Gasteiger partial charge is 0.308 e. The number of carbonyl (C=O) groups is 1. The summed E-state index contributed by atoms with van der Waals surface area (Å²) in [6.45, 7) is 1.54. The Morgan fingerprint density at radius 2 is 2.00 bits per heavy atom. The summed E-state index contributed by atoms with van der Waals surface area (Å²) in [4.78, 5) is 10.9. The average molecular weight is 235 g/mol. The van der Waals surface area contributed by atoms with Crippen LogP contribution in [0, 0.1) is 5.92 Å². The van der Waals surface area contributed by atoms with Crippen LogP contribution < -0.4 is 4.72 Å². The van der Waals surface area contributed by atoms with E-state index in [1.54, 1.807) is 6.92 Å². The van der Waals surface area contributed by atoms with Gasteiger partial charge in [0.15, 0.2) is 0 Å². The molecule has 0 unspecified atom stereocenters. The molecule has 1 aliphatic rings. The SMILES string of the molecule is CCS(=O)(=O)N[C@@H]1CCCC[C@H]1C(=O)O. The van der Waals surface area contributed by atoms with Crippen molar-refractivity contribution in [3.05, 3.63) is 0 Å². The van der Waals surface area contributed by atoms with Crippen LogP contribution in [-0.4, -0.2) is 31.3 Å². The molecule has 2 N–H and O–H groups in total. The number of rotatable bonds is 4. The van der Waals surface area contributed by atoms with Crippen LogP contribution in [0.25, 0.3) is 0 Å². The fourth-order valence-electron chi connectivity index (χ4n) is 1.88. The molecule has 0 spiro atoms. The highest BCUT2D eigenvalue weighted by Gasteiger charge is 2.32. The maximum absolute atomic E-state index is 11.3. The Balaban J connectivity index is 2.69. The molecule has 0 bridgehead atoms. The summed E-state index contributed by atoms with van der Waals surface area (Å²) in [7, 11) is -3.30. The minimum absolute atomic E-state index is 0.00413. The molecule has 0 heterocycles. The molecule has 0 aliphatic heterocycles. The second-order valence-corrected chi connectivity index (χ2v) is 5.90. The van der Waals surface area contributed by atoms with Crippen molar-refractivity contribution in [3.8, 4) is 0 Å². The minimum Gasteiger partial charge on any atom is -0.481 e. The summed E-state index contributed by atoms with van der Waals surface area (Å²) >= 11 is 0. The largest absolute Gasteiger partial charge is 0.481 e. The fourth-order valence-corrected chi connectivity index (χ4v) is 2.79. The zero-order valence-electron chi connectivity index (χ0n) is 8.77. The maximum atomic E-state index is 11.3. The van der Waals surface area contributed by atoms with Crippen molar-refractivity contribution in [2.75, 3.05) is 5.75 Å². The molecule has 6 heteroatoms. The van der Waals surface area contributed by atoms with Gasteiger partial charge in [-0.3, -0.25) is 4.79 Å². The molecule has 15 heavy (non-hydrogen) atoms. The summed E-state index contributed by atoms with van der Waals surface area (Å²) in [5.74, 6) is -1.48. The first-order valence-electron chi connectivity index (χ1n) is 5.19. The number of hydrogen-bond donors (Lipinski definition) is 2. The van der Waals surface area contributed by atoms with Crippen LogP contribution in [0.2, 0.25) is 0 Å². The summed E-state index contributed by atoms with van der Waals surface area (Å²) in [5.41, 5.74) is 0. The van der Waals surface area contributed by atoms with Crippen LogP contribution in [0.15, 0.2) is 0 Å². The van der Waals surface area contributed by atoms with Crippen LogP contribution in [0.4, 0.5) is 0 Å². The Kier molecular flexibility index (Phi) is 4.10. The molecule has 0 radical (unpaired) electrons. The minimum atomic E-state index is -3.30. The van der Waals surface area contributed by atoms with Gasteiger partial charge in [-0.25, -0.2) is 13.1 Å². The van der Waals surface area contributed by atoms with E-state index in [2.05, 4.69) is 4.72 Å². The van der Waals surface area contributed by atoms with Gasteiger partial charge in [0.25, 0.3) is 0 Å². The first kappa shape index (κ1) is 12.4. The Bertz CT molecular complexity index is 325. The second kappa shape index (κ2) is 4.94. The highest BCUT2D eigenvalue weighted by atomic mass is 32.2. The highest BCUT2D eigenvalue weighted by molar-refractivity contribution is 7.89. The van der Waals surface area contributed by atoms with Crippen LogP contribution in [-0.2, 0) is 14.8 Å². The van der Waals surface area contributed by atoms with Gasteiger partial charge in [0.05, 0.1) is 11.7 Å². The lowest BCUT2D eigenvalue weighted by atomic mass is 9.85. The molecule has 0 aromatic rings. The van der Waals surface area contributed by atoms with Crippen molar-refractivity contribution >= 4 is 16.0 Å². The van der Waals surface area contributed by atoms with Gasteiger partial charge in [0.1, 0.15) is 0 Å². The number of aliphatic carboxylic acids is 1. The number of carboxylic acid groups (broad SMARTS) is 1. The molecular weight excluding hydrogens is 218 g/mol. The monoisotopic (exact) mass is 235 g/mol. The number of hydrogen-bond acceptors (Lipinski definition) is 3. The Hall–Kier alpha value is -0.620. The molecule has 1 fully saturated rings. The third kappa shape index (κ3) is 3.46. The molecule has 1 saturated carbocycles. The van der Waals surface area contributed by atoms with Gasteiger partial charge < -0.3 is 5.11 Å². The first-order valence-corrected chi connectivity index (χ1v) is 6.84. The van der Waals surface area contributed by atoms with E-state index in [9.17, 15) is 13.2 Å². The lowest BCUT2D eigenvalue weighted by Crippen LogP contribution is -2.45. The lowest BCUT2D eigenvalue weighted by molar-refractivity contribution is -0.143. The summed E-state index contributed by atoms with van der Waals surface area (Å²) in [6, 6.07) is -0.429. The topological polar surface area (TPSA) is 83.5 Å². The van der Waals surface area contributed by atoms with E-state index in [0.717, 1.165) is 12.8 Å². The van der Waals surface area contributed by atoms with Gasteiger partial charge in [-0.05, 0) is 19.8 Å². The van der Waals surface area contributed by atoms with Crippen LogP contribution in [0.1, 0.15) is 32.6 Å². The van der Waals surface area contributed by atoms with Crippen LogP contribution in [0.3, 0.4) is 0 Å². The average Bonchev–Trinajstić information content (AvgIpc) is 2.18. The summed E-state index contributed by atoms with van der Waals surface area (Å²) in [6.07, 6.45) is 2.93. The Morgan fingerprint density at radius 1 is 1.40 bits per heavy atom.